The lowest BCUT2D eigenvalue weighted by Gasteiger charge is -2.36. The highest BCUT2D eigenvalue weighted by atomic mass is 35.5. The fourth-order valence-corrected chi connectivity index (χ4v) is 3.41. The molecule has 2 aromatic carbocycles. The van der Waals surface area contributed by atoms with Crippen molar-refractivity contribution in [3.05, 3.63) is 59.1 Å². The van der Waals surface area contributed by atoms with Crippen molar-refractivity contribution in [3.8, 4) is 5.75 Å². The molecular weight excluding hydrogens is 390 g/mol. The van der Waals surface area contributed by atoms with Crippen molar-refractivity contribution < 1.29 is 14.3 Å². The monoisotopic (exact) mass is 415 g/mol. The second-order valence-electron chi connectivity index (χ2n) is 6.87. The van der Waals surface area contributed by atoms with Gasteiger partial charge in [0.25, 0.3) is 5.91 Å². The van der Waals surface area contributed by atoms with Crippen LogP contribution in [0.25, 0.3) is 0 Å². The minimum atomic E-state index is -0.302. The van der Waals surface area contributed by atoms with Gasteiger partial charge in [0.05, 0.1) is 6.54 Å². The number of hydrogen-bond donors (Lipinski definition) is 1. The number of carbonyl (C=O) groups excluding carboxylic acids is 2. The topological polar surface area (TPSA) is 61.9 Å². The van der Waals surface area contributed by atoms with E-state index in [9.17, 15) is 9.59 Å². The molecule has 2 amide bonds. The zero-order valence-corrected chi connectivity index (χ0v) is 17.3. The Morgan fingerprint density at radius 2 is 1.72 bits per heavy atom. The van der Waals surface area contributed by atoms with Gasteiger partial charge in [0, 0.05) is 36.9 Å². The van der Waals surface area contributed by atoms with Crippen molar-refractivity contribution in [2.24, 2.45) is 0 Å². The van der Waals surface area contributed by atoms with E-state index in [2.05, 4.69) is 10.2 Å². The van der Waals surface area contributed by atoms with Gasteiger partial charge in [0.1, 0.15) is 5.75 Å². The number of carbonyl (C=O) groups is 2. The third-order valence-corrected chi connectivity index (χ3v) is 5.23. The summed E-state index contributed by atoms with van der Waals surface area (Å²) < 4.78 is 5.59. The summed E-state index contributed by atoms with van der Waals surface area (Å²) in [5.74, 6) is 0.321. The normalized spacial score (nSPS) is 13.9. The van der Waals surface area contributed by atoms with Gasteiger partial charge in [-0.3, -0.25) is 9.59 Å². The van der Waals surface area contributed by atoms with Gasteiger partial charge in [-0.15, -0.1) is 0 Å². The van der Waals surface area contributed by atoms with E-state index >= 15 is 0 Å². The molecule has 154 valence electrons. The van der Waals surface area contributed by atoms with Crippen LogP contribution in [0.2, 0.25) is 5.02 Å². The van der Waals surface area contributed by atoms with Crippen LogP contribution in [0.3, 0.4) is 0 Å². The van der Waals surface area contributed by atoms with Crippen LogP contribution in [0.5, 0.6) is 5.75 Å². The molecule has 1 aliphatic rings. The smallest absolute Gasteiger partial charge is 0.258 e. The molecule has 0 spiro atoms. The number of nitrogens with zero attached hydrogens (tertiary/aromatic N) is 2. The number of benzene rings is 2. The van der Waals surface area contributed by atoms with Gasteiger partial charge in [-0.1, -0.05) is 36.7 Å². The molecule has 0 bridgehead atoms. The lowest BCUT2D eigenvalue weighted by Crippen LogP contribution is -2.51. The predicted octanol–water partition coefficient (Wildman–Crippen LogP) is 2.75. The van der Waals surface area contributed by atoms with E-state index in [1.54, 1.807) is 4.90 Å². The van der Waals surface area contributed by atoms with E-state index in [-0.39, 0.29) is 25.0 Å². The highest BCUT2D eigenvalue weighted by molar-refractivity contribution is 6.30. The lowest BCUT2D eigenvalue weighted by atomic mass is 10.1. The van der Waals surface area contributed by atoms with Crippen LogP contribution in [-0.4, -0.2) is 56.0 Å². The highest BCUT2D eigenvalue weighted by Gasteiger charge is 2.21. The zero-order chi connectivity index (χ0) is 20.6. The Labute approximate surface area is 176 Å². The molecule has 6 nitrogen and oxygen atoms in total. The van der Waals surface area contributed by atoms with Crippen LogP contribution < -0.4 is 15.0 Å². The Morgan fingerprint density at radius 1 is 1.03 bits per heavy atom. The predicted molar refractivity (Wildman–Crippen MR) is 115 cm³/mol. The van der Waals surface area contributed by atoms with Crippen molar-refractivity contribution in [1.29, 1.82) is 0 Å². The third kappa shape index (κ3) is 5.87. The molecule has 1 fully saturated rings. The number of nitrogens with one attached hydrogen (secondary N) is 1. The quantitative estimate of drug-likeness (QED) is 0.755. The SMILES string of the molecule is CCc1ccccc1OCC(=O)NCC(=O)N1CCN(c2ccc(Cl)cc2)CC1. The number of anilines is 1. The van der Waals surface area contributed by atoms with Crippen molar-refractivity contribution in [1.82, 2.24) is 10.2 Å². The molecule has 1 saturated heterocycles. The fourth-order valence-electron chi connectivity index (χ4n) is 3.28. The first-order valence-corrected chi connectivity index (χ1v) is 10.2. The fraction of sp³-hybridized carbons (Fsp3) is 0.364. The standard InChI is InChI=1S/C22H26ClN3O3/c1-2-17-5-3-4-6-20(17)29-16-21(27)24-15-22(28)26-13-11-25(12-14-26)19-9-7-18(23)8-10-19/h3-10H,2,11-16H2,1H3,(H,24,27). The van der Waals surface area contributed by atoms with Gasteiger partial charge in [-0.2, -0.15) is 0 Å². The summed E-state index contributed by atoms with van der Waals surface area (Å²) in [6.45, 7) is 4.66. The Kier molecular flexibility index (Phi) is 7.36. The maximum atomic E-state index is 12.4. The van der Waals surface area contributed by atoms with E-state index in [0.29, 0.717) is 23.9 Å². The molecule has 0 saturated carbocycles. The summed E-state index contributed by atoms with van der Waals surface area (Å²) in [4.78, 5) is 28.4. The Balaban J connectivity index is 1.39. The van der Waals surface area contributed by atoms with E-state index in [4.69, 9.17) is 16.3 Å². The second-order valence-corrected chi connectivity index (χ2v) is 7.31. The van der Waals surface area contributed by atoms with Crippen molar-refractivity contribution >= 4 is 29.1 Å². The van der Waals surface area contributed by atoms with Gasteiger partial charge in [-0.05, 0) is 42.3 Å². The van der Waals surface area contributed by atoms with E-state index in [1.165, 1.54) is 0 Å². The van der Waals surface area contributed by atoms with Gasteiger partial charge >= 0.3 is 0 Å². The minimum Gasteiger partial charge on any atom is -0.483 e. The van der Waals surface area contributed by atoms with Crippen molar-refractivity contribution in [2.45, 2.75) is 13.3 Å². The molecule has 7 heteroatoms. The summed E-state index contributed by atoms with van der Waals surface area (Å²) in [6, 6.07) is 15.3. The number of halogens is 1. The molecule has 0 radical (unpaired) electrons. The average Bonchev–Trinajstić information content (AvgIpc) is 2.77. The number of aryl methyl sites for hydroxylation is 1. The molecule has 1 heterocycles. The van der Waals surface area contributed by atoms with Gasteiger partial charge in [-0.25, -0.2) is 0 Å². The van der Waals surface area contributed by atoms with Gasteiger partial charge in [0.15, 0.2) is 6.61 Å². The van der Waals surface area contributed by atoms with Gasteiger partial charge < -0.3 is 19.9 Å². The Morgan fingerprint density at radius 3 is 2.41 bits per heavy atom. The van der Waals surface area contributed by atoms with E-state index < -0.39 is 0 Å². The first kappa shape index (κ1) is 21.0. The average molecular weight is 416 g/mol. The van der Waals surface area contributed by atoms with Crippen LogP contribution in [0.1, 0.15) is 12.5 Å². The number of ether oxygens (including phenoxy) is 1. The highest BCUT2D eigenvalue weighted by Crippen LogP contribution is 2.20. The number of para-hydroxylation sites is 1. The van der Waals surface area contributed by atoms with Crippen LogP contribution in [0.15, 0.2) is 48.5 Å². The van der Waals surface area contributed by atoms with Crippen LogP contribution in [-0.2, 0) is 16.0 Å². The molecular formula is C22H26ClN3O3. The van der Waals surface area contributed by atoms with Crippen LogP contribution >= 0.6 is 11.6 Å². The van der Waals surface area contributed by atoms with E-state index in [1.807, 2.05) is 55.5 Å². The summed E-state index contributed by atoms with van der Waals surface area (Å²) in [7, 11) is 0. The minimum absolute atomic E-state index is 0.0153. The molecule has 0 atom stereocenters. The maximum absolute atomic E-state index is 12.4. The van der Waals surface area contributed by atoms with Crippen molar-refractivity contribution in [2.75, 3.05) is 44.2 Å². The molecule has 0 aromatic heterocycles. The largest absolute Gasteiger partial charge is 0.483 e. The third-order valence-electron chi connectivity index (χ3n) is 4.97. The number of piperazine rings is 1. The number of rotatable bonds is 7. The number of hydrogen-bond acceptors (Lipinski definition) is 4. The first-order valence-electron chi connectivity index (χ1n) is 9.82. The number of amides is 2. The van der Waals surface area contributed by atoms with Crippen LogP contribution in [0.4, 0.5) is 5.69 Å². The summed E-state index contributed by atoms with van der Waals surface area (Å²) in [5, 5.41) is 3.36. The summed E-state index contributed by atoms with van der Waals surface area (Å²) in [5.41, 5.74) is 2.15. The van der Waals surface area contributed by atoms with Crippen LogP contribution in [0, 0.1) is 0 Å². The molecule has 0 aliphatic carbocycles. The molecule has 0 unspecified atom stereocenters. The second kappa shape index (κ2) is 10.2. The zero-order valence-electron chi connectivity index (χ0n) is 16.6. The Bertz CT molecular complexity index is 833. The van der Waals surface area contributed by atoms with Crippen molar-refractivity contribution in [3.63, 3.8) is 0 Å². The summed E-state index contributed by atoms with van der Waals surface area (Å²) in [6.07, 6.45) is 0.832. The molecule has 29 heavy (non-hydrogen) atoms. The first-order chi connectivity index (χ1) is 14.1. The summed E-state index contributed by atoms with van der Waals surface area (Å²) >= 11 is 5.93. The molecule has 1 aliphatic heterocycles. The lowest BCUT2D eigenvalue weighted by molar-refractivity contribution is -0.133. The van der Waals surface area contributed by atoms with E-state index in [0.717, 1.165) is 30.8 Å². The van der Waals surface area contributed by atoms with Gasteiger partial charge in [0.2, 0.25) is 5.91 Å². The molecule has 3 rings (SSSR count). The molecule has 2 aromatic rings. The molecule has 1 N–H and O–H groups in total. The maximum Gasteiger partial charge on any atom is 0.258 e. The Hall–Kier alpha value is -2.73.